The summed E-state index contributed by atoms with van der Waals surface area (Å²) in [6, 6.07) is 7.97. The molecule has 144 valence electrons. The van der Waals surface area contributed by atoms with Gasteiger partial charge in [-0.1, -0.05) is 12.1 Å². The van der Waals surface area contributed by atoms with Gasteiger partial charge in [-0.05, 0) is 49.9 Å². The van der Waals surface area contributed by atoms with Crippen LogP contribution in [-0.4, -0.2) is 43.9 Å². The first-order chi connectivity index (χ1) is 12.8. The first kappa shape index (κ1) is 19.2. The van der Waals surface area contributed by atoms with Crippen molar-refractivity contribution in [3.63, 3.8) is 0 Å². The zero-order valence-corrected chi connectivity index (χ0v) is 16.0. The molecule has 1 saturated heterocycles. The number of carbonyl (C=O) groups is 1. The average molecular weight is 389 g/mol. The summed E-state index contributed by atoms with van der Waals surface area (Å²) in [5.74, 6) is 0.360. The molecule has 1 aliphatic rings. The maximum Gasteiger partial charge on any atom is 0.270 e. The van der Waals surface area contributed by atoms with E-state index < -0.39 is 10.0 Å². The van der Waals surface area contributed by atoms with E-state index in [9.17, 15) is 13.2 Å². The van der Waals surface area contributed by atoms with Gasteiger partial charge in [0.2, 0.25) is 16.0 Å². The number of rotatable bonds is 6. The van der Waals surface area contributed by atoms with Gasteiger partial charge in [0.25, 0.3) is 5.91 Å². The summed E-state index contributed by atoms with van der Waals surface area (Å²) in [6.07, 6.45) is 2.80. The van der Waals surface area contributed by atoms with Crippen LogP contribution in [0.4, 0.5) is 5.95 Å². The second-order valence-electron chi connectivity index (χ2n) is 6.58. The number of nitrogens with two attached hydrogens (primary N) is 1. The fourth-order valence-electron chi connectivity index (χ4n) is 2.98. The van der Waals surface area contributed by atoms with Crippen LogP contribution in [-0.2, 0) is 16.4 Å². The maximum absolute atomic E-state index is 12.4. The van der Waals surface area contributed by atoms with Gasteiger partial charge in [0.15, 0.2) is 0 Å². The number of anilines is 1. The minimum absolute atomic E-state index is 0.0705. The van der Waals surface area contributed by atoms with Crippen molar-refractivity contribution in [2.24, 2.45) is 5.14 Å². The lowest BCUT2D eigenvalue weighted by Crippen LogP contribution is -2.28. The van der Waals surface area contributed by atoms with Crippen LogP contribution in [0, 0.1) is 6.92 Å². The molecule has 3 rings (SSSR count). The van der Waals surface area contributed by atoms with Crippen molar-refractivity contribution in [3.8, 4) is 0 Å². The van der Waals surface area contributed by atoms with E-state index in [1.165, 1.54) is 12.1 Å². The fraction of sp³-hybridized carbons (Fsp3) is 0.389. The number of sulfonamides is 1. The van der Waals surface area contributed by atoms with Gasteiger partial charge in [-0.25, -0.2) is 23.5 Å². The standard InChI is InChI=1S/C18H23N5O3S/c1-13-12-16(22-18(21-13)23-10-2-3-11-23)17(24)20-9-8-14-4-6-15(7-5-14)27(19,25)26/h4-7,12H,2-3,8-11H2,1H3,(H,20,24)(H2,19,25,26). The molecule has 27 heavy (non-hydrogen) atoms. The Morgan fingerprint density at radius 2 is 1.85 bits per heavy atom. The maximum atomic E-state index is 12.4. The third-order valence-corrected chi connectivity index (χ3v) is 5.34. The molecule has 1 aromatic carbocycles. The molecule has 1 aliphatic heterocycles. The third-order valence-electron chi connectivity index (χ3n) is 4.42. The number of hydrogen-bond donors (Lipinski definition) is 2. The zero-order valence-electron chi connectivity index (χ0n) is 15.2. The van der Waals surface area contributed by atoms with Crippen LogP contribution in [0.1, 0.15) is 34.6 Å². The predicted octanol–water partition coefficient (Wildman–Crippen LogP) is 1.01. The second kappa shape index (κ2) is 8.01. The van der Waals surface area contributed by atoms with E-state index in [0.29, 0.717) is 24.6 Å². The van der Waals surface area contributed by atoms with E-state index in [1.807, 2.05) is 6.92 Å². The van der Waals surface area contributed by atoms with Gasteiger partial charge in [-0.15, -0.1) is 0 Å². The number of primary sulfonamides is 1. The second-order valence-corrected chi connectivity index (χ2v) is 8.15. The Labute approximate surface area is 158 Å². The van der Waals surface area contributed by atoms with Gasteiger partial charge in [0.05, 0.1) is 4.90 Å². The Balaban J connectivity index is 1.59. The summed E-state index contributed by atoms with van der Waals surface area (Å²) < 4.78 is 22.5. The lowest BCUT2D eigenvalue weighted by Gasteiger charge is -2.16. The van der Waals surface area contributed by atoms with Crippen molar-refractivity contribution in [2.45, 2.75) is 31.1 Å². The van der Waals surface area contributed by atoms with Crippen molar-refractivity contribution in [1.29, 1.82) is 0 Å². The largest absolute Gasteiger partial charge is 0.350 e. The number of amides is 1. The highest BCUT2D eigenvalue weighted by atomic mass is 32.2. The Kier molecular flexibility index (Phi) is 5.71. The van der Waals surface area contributed by atoms with E-state index in [2.05, 4.69) is 20.2 Å². The lowest BCUT2D eigenvalue weighted by atomic mass is 10.1. The highest BCUT2D eigenvalue weighted by molar-refractivity contribution is 7.89. The van der Waals surface area contributed by atoms with Crippen molar-refractivity contribution >= 4 is 21.9 Å². The van der Waals surface area contributed by atoms with E-state index in [4.69, 9.17) is 5.14 Å². The van der Waals surface area contributed by atoms with E-state index in [0.717, 1.165) is 37.2 Å². The van der Waals surface area contributed by atoms with Crippen molar-refractivity contribution < 1.29 is 13.2 Å². The van der Waals surface area contributed by atoms with Crippen LogP contribution < -0.4 is 15.4 Å². The fourth-order valence-corrected chi connectivity index (χ4v) is 3.50. The summed E-state index contributed by atoms with van der Waals surface area (Å²) in [5, 5.41) is 7.93. The average Bonchev–Trinajstić information content (AvgIpc) is 3.15. The van der Waals surface area contributed by atoms with E-state index in [-0.39, 0.29) is 10.8 Å². The quantitative estimate of drug-likeness (QED) is 0.761. The molecule has 0 saturated carbocycles. The van der Waals surface area contributed by atoms with E-state index >= 15 is 0 Å². The minimum Gasteiger partial charge on any atom is -0.350 e. The monoisotopic (exact) mass is 389 g/mol. The molecule has 1 aromatic heterocycles. The molecule has 0 unspecified atom stereocenters. The summed E-state index contributed by atoms with van der Waals surface area (Å²) >= 11 is 0. The molecule has 3 N–H and O–H groups in total. The molecule has 2 aromatic rings. The SMILES string of the molecule is Cc1cc(C(=O)NCCc2ccc(S(N)(=O)=O)cc2)nc(N2CCCC2)n1. The zero-order chi connectivity index (χ0) is 19.4. The molecular weight excluding hydrogens is 366 g/mol. The number of nitrogens with one attached hydrogen (secondary N) is 1. The number of benzene rings is 1. The highest BCUT2D eigenvalue weighted by Crippen LogP contribution is 2.16. The lowest BCUT2D eigenvalue weighted by molar-refractivity contribution is 0.0949. The number of nitrogens with zero attached hydrogens (tertiary/aromatic N) is 3. The molecular formula is C18H23N5O3S. The minimum atomic E-state index is -3.69. The molecule has 0 bridgehead atoms. The molecule has 1 fully saturated rings. The van der Waals surface area contributed by atoms with Crippen molar-refractivity contribution in [1.82, 2.24) is 15.3 Å². The highest BCUT2D eigenvalue weighted by Gasteiger charge is 2.18. The predicted molar refractivity (Wildman–Crippen MR) is 102 cm³/mol. The van der Waals surface area contributed by atoms with Crippen LogP contribution in [0.15, 0.2) is 35.2 Å². The number of aryl methyl sites for hydroxylation is 1. The molecule has 2 heterocycles. The molecule has 0 radical (unpaired) electrons. The van der Waals surface area contributed by atoms with Crippen LogP contribution in [0.25, 0.3) is 0 Å². The van der Waals surface area contributed by atoms with Crippen LogP contribution in [0.2, 0.25) is 0 Å². The number of aromatic nitrogens is 2. The van der Waals surface area contributed by atoms with Gasteiger partial charge >= 0.3 is 0 Å². The molecule has 0 aliphatic carbocycles. The van der Waals surface area contributed by atoms with Crippen LogP contribution >= 0.6 is 0 Å². The van der Waals surface area contributed by atoms with Gasteiger partial charge in [-0.3, -0.25) is 4.79 Å². The normalized spacial score (nSPS) is 14.4. The molecule has 8 nitrogen and oxygen atoms in total. The van der Waals surface area contributed by atoms with Gasteiger partial charge in [-0.2, -0.15) is 0 Å². The Morgan fingerprint density at radius 3 is 2.48 bits per heavy atom. The van der Waals surface area contributed by atoms with E-state index in [1.54, 1.807) is 18.2 Å². The van der Waals surface area contributed by atoms with Crippen LogP contribution in [0.3, 0.4) is 0 Å². The smallest absolute Gasteiger partial charge is 0.270 e. The Bertz CT molecular complexity index is 923. The molecule has 0 spiro atoms. The van der Waals surface area contributed by atoms with Crippen LogP contribution in [0.5, 0.6) is 0 Å². The third kappa shape index (κ3) is 5.01. The summed E-state index contributed by atoms with van der Waals surface area (Å²) in [7, 11) is -3.69. The van der Waals surface area contributed by atoms with Gasteiger partial charge < -0.3 is 10.2 Å². The van der Waals surface area contributed by atoms with Crippen molar-refractivity contribution in [3.05, 3.63) is 47.3 Å². The molecule has 9 heteroatoms. The van der Waals surface area contributed by atoms with Crippen molar-refractivity contribution in [2.75, 3.05) is 24.5 Å². The first-order valence-corrected chi connectivity index (χ1v) is 10.4. The summed E-state index contributed by atoms with van der Waals surface area (Å²) in [5.41, 5.74) is 2.02. The Hall–Kier alpha value is -2.52. The number of carbonyl (C=O) groups excluding carboxylic acids is 1. The topological polar surface area (TPSA) is 118 Å². The summed E-state index contributed by atoms with van der Waals surface area (Å²) in [4.78, 5) is 23.4. The summed E-state index contributed by atoms with van der Waals surface area (Å²) in [6.45, 7) is 4.10. The first-order valence-electron chi connectivity index (χ1n) is 8.83. The molecule has 1 amide bonds. The van der Waals surface area contributed by atoms with Gasteiger partial charge in [0, 0.05) is 25.3 Å². The Morgan fingerprint density at radius 1 is 1.19 bits per heavy atom. The molecule has 0 atom stereocenters. The van der Waals surface area contributed by atoms with Gasteiger partial charge in [0.1, 0.15) is 5.69 Å². The number of hydrogen-bond acceptors (Lipinski definition) is 6.